The number of benzene rings is 2. The molecule has 1 nitrogen and oxygen atoms in total. The second kappa shape index (κ2) is 7.55. The van der Waals surface area contributed by atoms with Crippen molar-refractivity contribution in [2.24, 2.45) is 0 Å². The minimum atomic E-state index is -0.211. The summed E-state index contributed by atoms with van der Waals surface area (Å²) < 4.78 is 13.8. The lowest BCUT2D eigenvalue weighted by atomic mass is 9.92. The first-order chi connectivity index (χ1) is 9.70. The average Bonchev–Trinajstić information content (AvgIpc) is 2.48. The predicted octanol–water partition coefficient (Wildman–Crippen LogP) is 4.52. The molecule has 0 aliphatic rings. The van der Waals surface area contributed by atoms with Gasteiger partial charge in [0.25, 0.3) is 0 Å². The van der Waals surface area contributed by atoms with E-state index >= 15 is 0 Å². The quantitative estimate of drug-likeness (QED) is 0.818. The molecule has 0 amide bonds. The Hall–Kier alpha value is -1.19. The van der Waals surface area contributed by atoms with Crippen molar-refractivity contribution >= 4 is 15.9 Å². The molecule has 1 unspecified atom stereocenters. The molecule has 2 aromatic carbocycles. The first kappa shape index (κ1) is 15.2. The fourth-order valence-electron chi connectivity index (χ4n) is 2.30. The van der Waals surface area contributed by atoms with Gasteiger partial charge >= 0.3 is 0 Å². The monoisotopic (exact) mass is 335 g/mol. The van der Waals surface area contributed by atoms with E-state index < -0.39 is 0 Å². The fraction of sp³-hybridized carbons (Fsp3) is 0.294. The first-order valence-corrected chi connectivity index (χ1v) is 7.69. The van der Waals surface area contributed by atoms with Crippen molar-refractivity contribution in [3.63, 3.8) is 0 Å². The molecule has 1 atom stereocenters. The molecule has 0 spiro atoms. The maximum atomic E-state index is 13.3. The Kier molecular flexibility index (Phi) is 5.74. The van der Waals surface area contributed by atoms with E-state index in [0.29, 0.717) is 10.4 Å². The smallest absolute Gasteiger partial charge is 0.137 e. The van der Waals surface area contributed by atoms with Crippen LogP contribution in [0, 0.1) is 5.82 Å². The summed E-state index contributed by atoms with van der Waals surface area (Å²) >= 11 is 3.25. The molecule has 1 N–H and O–H groups in total. The van der Waals surface area contributed by atoms with Crippen LogP contribution in [-0.4, -0.2) is 13.1 Å². The van der Waals surface area contributed by atoms with Gasteiger partial charge in [-0.1, -0.05) is 43.3 Å². The Morgan fingerprint density at radius 1 is 1.15 bits per heavy atom. The molecular formula is C17H19BrFN. The van der Waals surface area contributed by atoms with Crippen molar-refractivity contribution in [2.45, 2.75) is 19.3 Å². The Balaban J connectivity index is 2.17. The fourth-order valence-corrected chi connectivity index (χ4v) is 2.73. The van der Waals surface area contributed by atoms with Crippen LogP contribution in [0.3, 0.4) is 0 Å². The van der Waals surface area contributed by atoms with Crippen LogP contribution in [-0.2, 0) is 6.42 Å². The lowest BCUT2D eigenvalue weighted by Gasteiger charge is -2.18. The number of nitrogens with one attached hydrogen (secondary N) is 1. The van der Waals surface area contributed by atoms with Crippen molar-refractivity contribution in [1.29, 1.82) is 0 Å². The van der Waals surface area contributed by atoms with E-state index in [2.05, 4.69) is 52.4 Å². The lowest BCUT2D eigenvalue weighted by Crippen LogP contribution is -2.22. The van der Waals surface area contributed by atoms with Gasteiger partial charge < -0.3 is 5.32 Å². The zero-order valence-electron chi connectivity index (χ0n) is 11.6. The summed E-state index contributed by atoms with van der Waals surface area (Å²) in [5, 5.41) is 3.41. The molecular weight excluding hydrogens is 317 g/mol. The molecule has 106 valence electrons. The molecule has 0 aliphatic carbocycles. The van der Waals surface area contributed by atoms with Crippen LogP contribution >= 0.6 is 15.9 Å². The zero-order valence-corrected chi connectivity index (χ0v) is 13.2. The largest absolute Gasteiger partial charge is 0.316 e. The molecule has 0 aliphatic heterocycles. The van der Waals surface area contributed by atoms with Gasteiger partial charge in [0.2, 0.25) is 0 Å². The number of halogens is 2. The zero-order chi connectivity index (χ0) is 14.4. The highest BCUT2D eigenvalue weighted by Crippen LogP contribution is 2.23. The number of hydrogen-bond acceptors (Lipinski definition) is 1. The second-order valence-corrected chi connectivity index (χ2v) is 5.72. The van der Waals surface area contributed by atoms with E-state index in [-0.39, 0.29) is 5.82 Å². The number of hydrogen-bond donors (Lipinski definition) is 1. The van der Waals surface area contributed by atoms with E-state index in [1.54, 1.807) is 0 Å². The normalized spacial score (nSPS) is 12.3. The van der Waals surface area contributed by atoms with Crippen molar-refractivity contribution < 1.29 is 4.39 Å². The topological polar surface area (TPSA) is 12.0 Å². The van der Waals surface area contributed by atoms with Gasteiger partial charge in [0.05, 0.1) is 4.47 Å². The molecule has 0 aromatic heterocycles. The highest BCUT2D eigenvalue weighted by Gasteiger charge is 2.12. The number of likely N-dealkylation sites (N-methyl/N-ethyl adjacent to an activating group) is 1. The molecule has 0 bridgehead atoms. The maximum absolute atomic E-state index is 13.3. The Labute approximate surface area is 128 Å². The number of rotatable bonds is 6. The van der Waals surface area contributed by atoms with Crippen molar-refractivity contribution in [3.05, 3.63) is 69.9 Å². The van der Waals surface area contributed by atoms with Crippen LogP contribution < -0.4 is 5.32 Å². The van der Waals surface area contributed by atoms with Crippen LogP contribution in [0.25, 0.3) is 0 Å². The minimum Gasteiger partial charge on any atom is -0.316 e. The molecule has 0 heterocycles. The van der Waals surface area contributed by atoms with Crippen molar-refractivity contribution in [3.8, 4) is 0 Å². The van der Waals surface area contributed by atoms with Gasteiger partial charge in [-0.3, -0.25) is 0 Å². The standard InChI is InChI=1S/C17H19BrFN/c1-2-20-12-15(14-6-4-3-5-7-14)10-13-8-9-17(19)16(18)11-13/h3-9,11,15,20H,2,10,12H2,1H3. The van der Waals surface area contributed by atoms with Crippen LogP contribution in [0.2, 0.25) is 0 Å². The van der Waals surface area contributed by atoms with Gasteiger partial charge in [0.15, 0.2) is 0 Å². The SMILES string of the molecule is CCNCC(Cc1ccc(F)c(Br)c1)c1ccccc1. The summed E-state index contributed by atoms with van der Waals surface area (Å²) in [6.45, 7) is 3.99. The van der Waals surface area contributed by atoms with Gasteiger partial charge in [0.1, 0.15) is 5.82 Å². The second-order valence-electron chi connectivity index (χ2n) is 4.87. The Bertz CT molecular complexity index is 542. The molecule has 0 fully saturated rings. The highest BCUT2D eigenvalue weighted by atomic mass is 79.9. The Morgan fingerprint density at radius 3 is 2.55 bits per heavy atom. The lowest BCUT2D eigenvalue weighted by molar-refractivity contribution is 0.591. The molecule has 2 aromatic rings. The third kappa shape index (κ3) is 4.15. The van der Waals surface area contributed by atoms with Gasteiger partial charge in [-0.05, 0) is 52.2 Å². The van der Waals surface area contributed by atoms with Crippen LogP contribution in [0.1, 0.15) is 24.0 Å². The summed E-state index contributed by atoms with van der Waals surface area (Å²) in [6.07, 6.45) is 0.899. The van der Waals surface area contributed by atoms with E-state index in [1.165, 1.54) is 11.6 Å². The maximum Gasteiger partial charge on any atom is 0.137 e. The van der Waals surface area contributed by atoms with E-state index in [9.17, 15) is 4.39 Å². The minimum absolute atomic E-state index is 0.211. The third-order valence-corrected chi connectivity index (χ3v) is 3.99. The van der Waals surface area contributed by atoms with E-state index in [1.807, 2.05) is 18.2 Å². The van der Waals surface area contributed by atoms with Crippen molar-refractivity contribution in [2.75, 3.05) is 13.1 Å². The summed E-state index contributed by atoms with van der Waals surface area (Å²) in [4.78, 5) is 0. The Morgan fingerprint density at radius 2 is 1.90 bits per heavy atom. The molecule has 20 heavy (non-hydrogen) atoms. The van der Waals surface area contributed by atoms with E-state index in [4.69, 9.17) is 0 Å². The molecule has 2 rings (SSSR count). The summed E-state index contributed by atoms with van der Waals surface area (Å²) in [7, 11) is 0. The molecule has 0 saturated carbocycles. The third-order valence-electron chi connectivity index (χ3n) is 3.38. The highest BCUT2D eigenvalue weighted by molar-refractivity contribution is 9.10. The first-order valence-electron chi connectivity index (χ1n) is 6.90. The molecule has 0 radical (unpaired) electrons. The summed E-state index contributed by atoms with van der Waals surface area (Å²) in [5.74, 6) is 0.185. The molecule has 0 saturated heterocycles. The van der Waals surface area contributed by atoms with Crippen LogP contribution in [0.5, 0.6) is 0 Å². The van der Waals surface area contributed by atoms with Gasteiger partial charge in [-0.2, -0.15) is 0 Å². The van der Waals surface area contributed by atoms with Crippen LogP contribution in [0.15, 0.2) is 53.0 Å². The average molecular weight is 336 g/mol. The van der Waals surface area contributed by atoms with Crippen molar-refractivity contribution in [1.82, 2.24) is 5.32 Å². The summed E-state index contributed by atoms with van der Waals surface area (Å²) in [6, 6.07) is 15.7. The molecule has 3 heteroatoms. The van der Waals surface area contributed by atoms with E-state index in [0.717, 1.165) is 25.1 Å². The summed E-state index contributed by atoms with van der Waals surface area (Å²) in [5.41, 5.74) is 2.46. The predicted molar refractivity (Wildman–Crippen MR) is 85.5 cm³/mol. The van der Waals surface area contributed by atoms with Crippen LogP contribution in [0.4, 0.5) is 4.39 Å². The van der Waals surface area contributed by atoms with Gasteiger partial charge in [-0.25, -0.2) is 4.39 Å². The van der Waals surface area contributed by atoms with Gasteiger partial charge in [-0.15, -0.1) is 0 Å². The van der Waals surface area contributed by atoms with Gasteiger partial charge in [0, 0.05) is 12.5 Å².